The highest BCUT2D eigenvalue weighted by atomic mass is 16.5. The maximum atomic E-state index is 10.7. The summed E-state index contributed by atoms with van der Waals surface area (Å²) in [4.78, 5) is 10.7. The van der Waals surface area contributed by atoms with Crippen LogP contribution in [0.25, 0.3) is 0 Å². The van der Waals surface area contributed by atoms with Crippen molar-refractivity contribution in [2.45, 2.75) is 26.7 Å². The van der Waals surface area contributed by atoms with Gasteiger partial charge in [0.25, 0.3) is 0 Å². The van der Waals surface area contributed by atoms with Crippen molar-refractivity contribution in [1.82, 2.24) is 0 Å². The average Bonchev–Trinajstić information content (AvgIpc) is 2.00. The van der Waals surface area contributed by atoms with Gasteiger partial charge in [-0.15, -0.1) is 0 Å². The fourth-order valence-corrected chi connectivity index (χ4v) is 0.738. The number of esters is 1. The van der Waals surface area contributed by atoms with Gasteiger partial charge in [0.15, 0.2) is 0 Å². The van der Waals surface area contributed by atoms with Crippen LogP contribution in [0, 0.1) is 5.92 Å². The van der Waals surface area contributed by atoms with Crippen LogP contribution in [0.1, 0.15) is 26.7 Å². The molecule has 0 spiro atoms. The highest BCUT2D eigenvalue weighted by Gasteiger charge is 1.99. The Kier molecular flexibility index (Phi) is 5.17. The molecule has 2 N–H and O–H groups in total. The van der Waals surface area contributed by atoms with Gasteiger partial charge < -0.3 is 10.5 Å². The molecule has 0 heterocycles. The molecule has 0 aliphatic rings. The monoisotopic (exact) mass is 171 g/mol. The molecule has 3 heteroatoms. The fourth-order valence-electron chi connectivity index (χ4n) is 0.738. The summed E-state index contributed by atoms with van der Waals surface area (Å²) < 4.78 is 4.43. The van der Waals surface area contributed by atoms with E-state index < -0.39 is 0 Å². The van der Waals surface area contributed by atoms with Gasteiger partial charge in [-0.05, 0) is 18.8 Å². The number of methoxy groups -OCH3 is 1. The summed E-state index contributed by atoms with van der Waals surface area (Å²) in [5.41, 5.74) is 6.15. The average molecular weight is 171 g/mol. The van der Waals surface area contributed by atoms with Gasteiger partial charge in [-0.25, -0.2) is 4.79 Å². The third-order valence-electron chi connectivity index (χ3n) is 1.51. The van der Waals surface area contributed by atoms with Crippen LogP contribution in [0.4, 0.5) is 0 Å². The highest BCUT2D eigenvalue weighted by molar-refractivity contribution is 5.82. The zero-order valence-electron chi connectivity index (χ0n) is 7.96. The molecule has 0 unspecified atom stereocenters. The van der Waals surface area contributed by atoms with Crippen LogP contribution in [0.2, 0.25) is 0 Å². The lowest BCUT2D eigenvalue weighted by molar-refractivity contribution is -0.134. The van der Waals surface area contributed by atoms with Crippen molar-refractivity contribution in [3.63, 3.8) is 0 Å². The lowest BCUT2D eigenvalue weighted by Crippen LogP contribution is -2.04. The summed E-state index contributed by atoms with van der Waals surface area (Å²) >= 11 is 0. The van der Waals surface area contributed by atoms with Gasteiger partial charge in [0, 0.05) is 11.8 Å². The molecule has 0 amide bonds. The van der Waals surface area contributed by atoms with E-state index in [1.807, 2.05) is 0 Å². The number of ether oxygens (including phenoxy) is 1. The first-order valence-electron chi connectivity index (χ1n) is 4.10. The maximum absolute atomic E-state index is 10.7. The first-order chi connectivity index (χ1) is 5.56. The number of nitrogens with two attached hydrogens (primary N) is 1. The van der Waals surface area contributed by atoms with Crippen molar-refractivity contribution in [2.75, 3.05) is 7.11 Å². The standard InChI is InChI=1S/C9H17NO2/c1-7(2)4-5-8(10)6-9(11)12-3/h6-7H,4-5,10H2,1-3H3/b8-6-. The Bertz CT molecular complexity index is 173. The topological polar surface area (TPSA) is 52.3 Å². The smallest absolute Gasteiger partial charge is 0.332 e. The van der Waals surface area contributed by atoms with E-state index in [0.29, 0.717) is 11.6 Å². The molecule has 0 aromatic carbocycles. The zero-order chi connectivity index (χ0) is 9.56. The first kappa shape index (κ1) is 11.0. The molecule has 70 valence electrons. The van der Waals surface area contributed by atoms with E-state index in [4.69, 9.17) is 5.73 Å². The molecule has 0 saturated carbocycles. The predicted octanol–water partition coefficient (Wildman–Crippen LogP) is 1.44. The van der Waals surface area contributed by atoms with Crippen LogP contribution >= 0.6 is 0 Å². The third-order valence-corrected chi connectivity index (χ3v) is 1.51. The minimum atomic E-state index is -0.378. The third kappa shape index (κ3) is 5.77. The number of carbonyl (C=O) groups excluding carboxylic acids is 1. The lowest BCUT2D eigenvalue weighted by Gasteiger charge is -2.03. The Morgan fingerprint density at radius 2 is 2.17 bits per heavy atom. The van der Waals surface area contributed by atoms with E-state index in [-0.39, 0.29) is 5.97 Å². The quantitative estimate of drug-likeness (QED) is 0.514. The van der Waals surface area contributed by atoms with E-state index in [2.05, 4.69) is 18.6 Å². The Morgan fingerprint density at radius 1 is 1.58 bits per heavy atom. The number of allylic oxidation sites excluding steroid dienone is 1. The normalized spacial score (nSPS) is 11.8. The molecule has 3 nitrogen and oxygen atoms in total. The van der Waals surface area contributed by atoms with Gasteiger partial charge in [-0.2, -0.15) is 0 Å². The van der Waals surface area contributed by atoms with Crippen LogP contribution < -0.4 is 5.73 Å². The molecule has 0 aromatic heterocycles. The maximum Gasteiger partial charge on any atom is 0.332 e. The summed E-state index contributed by atoms with van der Waals surface area (Å²) in [6.45, 7) is 4.23. The molecular formula is C9H17NO2. The van der Waals surface area contributed by atoms with E-state index in [1.165, 1.54) is 13.2 Å². The van der Waals surface area contributed by atoms with Crippen molar-refractivity contribution in [3.05, 3.63) is 11.8 Å². The number of hydrogen-bond donors (Lipinski definition) is 1. The molecule has 0 aliphatic heterocycles. The Labute approximate surface area is 73.6 Å². The van der Waals surface area contributed by atoms with Crippen molar-refractivity contribution in [3.8, 4) is 0 Å². The number of rotatable bonds is 4. The molecule has 0 aromatic rings. The molecule has 0 radical (unpaired) electrons. The molecular weight excluding hydrogens is 154 g/mol. The van der Waals surface area contributed by atoms with E-state index in [9.17, 15) is 4.79 Å². The molecule has 0 fully saturated rings. The van der Waals surface area contributed by atoms with Gasteiger partial charge in [-0.1, -0.05) is 13.8 Å². The Hall–Kier alpha value is -0.990. The van der Waals surface area contributed by atoms with Gasteiger partial charge in [-0.3, -0.25) is 0 Å². The van der Waals surface area contributed by atoms with Crippen LogP contribution in [0.5, 0.6) is 0 Å². The summed E-state index contributed by atoms with van der Waals surface area (Å²) in [5, 5.41) is 0. The molecule has 0 aliphatic carbocycles. The molecule has 0 atom stereocenters. The van der Waals surface area contributed by atoms with Crippen LogP contribution in [-0.4, -0.2) is 13.1 Å². The highest BCUT2D eigenvalue weighted by Crippen LogP contribution is 2.07. The fraction of sp³-hybridized carbons (Fsp3) is 0.667. The van der Waals surface area contributed by atoms with Gasteiger partial charge >= 0.3 is 5.97 Å². The van der Waals surface area contributed by atoms with Crippen molar-refractivity contribution in [1.29, 1.82) is 0 Å². The minimum Gasteiger partial charge on any atom is -0.466 e. The number of hydrogen-bond acceptors (Lipinski definition) is 3. The molecule has 0 saturated heterocycles. The number of carbonyl (C=O) groups is 1. The van der Waals surface area contributed by atoms with Gasteiger partial charge in [0.2, 0.25) is 0 Å². The second-order valence-corrected chi connectivity index (χ2v) is 3.17. The van der Waals surface area contributed by atoms with Gasteiger partial charge in [0.1, 0.15) is 0 Å². The Morgan fingerprint density at radius 3 is 2.58 bits per heavy atom. The molecule has 12 heavy (non-hydrogen) atoms. The first-order valence-corrected chi connectivity index (χ1v) is 4.10. The Balaban J connectivity index is 3.78. The van der Waals surface area contributed by atoms with Crippen LogP contribution in [0.15, 0.2) is 11.8 Å². The molecule has 0 bridgehead atoms. The summed E-state index contributed by atoms with van der Waals surface area (Å²) in [6, 6.07) is 0. The second kappa shape index (κ2) is 5.63. The minimum absolute atomic E-state index is 0.378. The largest absolute Gasteiger partial charge is 0.466 e. The summed E-state index contributed by atoms with van der Waals surface area (Å²) in [6.07, 6.45) is 3.09. The van der Waals surface area contributed by atoms with E-state index >= 15 is 0 Å². The predicted molar refractivity (Wildman–Crippen MR) is 48.4 cm³/mol. The summed E-state index contributed by atoms with van der Waals surface area (Å²) in [7, 11) is 1.34. The second-order valence-electron chi connectivity index (χ2n) is 3.17. The van der Waals surface area contributed by atoms with Gasteiger partial charge in [0.05, 0.1) is 7.11 Å². The zero-order valence-corrected chi connectivity index (χ0v) is 7.96. The molecule has 0 rings (SSSR count). The van der Waals surface area contributed by atoms with Crippen molar-refractivity contribution in [2.24, 2.45) is 11.7 Å². The van der Waals surface area contributed by atoms with Crippen molar-refractivity contribution >= 4 is 5.97 Å². The van der Waals surface area contributed by atoms with E-state index in [1.54, 1.807) is 0 Å². The van der Waals surface area contributed by atoms with Crippen LogP contribution in [0.3, 0.4) is 0 Å². The van der Waals surface area contributed by atoms with Crippen molar-refractivity contribution < 1.29 is 9.53 Å². The SMILES string of the molecule is COC(=O)/C=C(\N)CCC(C)C. The summed E-state index contributed by atoms with van der Waals surface area (Å²) in [5.74, 6) is 0.228. The lowest BCUT2D eigenvalue weighted by atomic mass is 10.1. The van der Waals surface area contributed by atoms with Crippen LogP contribution in [-0.2, 0) is 9.53 Å². The van der Waals surface area contributed by atoms with E-state index in [0.717, 1.165) is 12.8 Å².